The van der Waals surface area contributed by atoms with Gasteiger partial charge in [-0.15, -0.1) is 0 Å². The summed E-state index contributed by atoms with van der Waals surface area (Å²) in [5.74, 6) is 0.733. The Labute approximate surface area is 131 Å². The second-order valence-corrected chi connectivity index (χ2v) is 6.77. The summed E-state index contributed by atoms with van der Waals surface area (Å²) in [5.41, 5.74) is 0. The maximum atomic E-state index is 12.6. The molecule has 1 N–H and O–H groups in total. The molecule has 0 saturated carbocycles. The first-order chi connectivity index (χ1) is 9.92. The molecule has 1 aliphatic heterocycles. The Hall–Kier alpha value is -0.610. The fourth-order valence-corrected chi connectivity index (χ4v) is 2.85. The zero-order chi connectivity index (χ0) is 16.0. The van der Waals surface area contributed by atoms with Gasteiger partial charge in [-0.1, -0.05) is 27.2 Å². The number of nitrogens with one attached hydrogen (secondary N) is 1. The maximum Gasteiger partial charge on any atom is 0.241 e. The lowest BCUT2D eigenvalue weighted by Crippen LogP contribution is -2.37. The lowest BCUT2D eigenvalue weighted by Gasteiger charge is -2.24. The van der Waals surface area contributed by atoms with Crippen LogP contribution in [0, 0.1) is 5.92 Å². The van der Waals surface area contributed by atoms with Crippen molar-refractivity contribution < 1.29 is 4.79 Å². The minimum atomic E-state index is 0.0262. The van der Waals surface area contributed by atoms with Crippen molar-refractivity contribution >= 4 is 5.91 Å². The Morgan fingerprint density at radius 2 is 1.90 bits per heavy atom. The number of carbonyl (C=O) groups is 1. The van der Waals surface area contributed by atoms with Crippen LogP contribution in [0.15, 0.2) is 0 Å². The van der Waals surface area contributed by atoms with Crippen LogP contribution in [0.3, 0.4) is 0 Å². The fraction of sp³-hybridized carbons (Fsp3) is 0.941. The Bertz CT molecular complexity index is 319. The number of hydrogen-bond acceptors (Lipinski definition) is 3. The molecule has 0 aromatic heterocycles. The van der Waals surface area contributed by atoms with E-state index >= 15 is 0 Å². The molecule has 0 aliphatic carbocycles. The van der Waals surface area contributed by atoms with E-state index in [0.717, 1.165) is 38.8 Å². The molecular formula is C17H35N3O. The van der Waals surface area contributed by atoms with E-state index in [9.17, 15) is 4.79 Å². The van der Waals surface area contributed by atoms with E-state index < -0.39 is 0 Å². The predicted molar refractivity (Wildman–Crippen MR) is 89.2 cm³/mol. The number of amides is 1. The van der Waals surface area contributed by atoms with E-state index in [-0.39, 0.29) is 12.2 Å². The van der Waals surface area contributed by atoms with Crippen molar-refractivity contribution in [2.45, 2.75) is 78.6 Å². The number of carbonyl (C=O) groups excluding carboxylic acids is 1. The largest absolute Gasteiger partial charge is 0.326 e. The minimum absolute atomic E-state index is 0.0262. The molecule has 1 saturated heterocycles. The van der Waals surface area contributed by atoms with E-state index in [1.54, 1.807) is 0 Å². The SMILES string of the molecule is CCC(C)C1NC(CC)N(CCCCN(C)C(C)C)C1=O. The Balaban J connectivity index is 2.44. The number of rotatable bonds is 9. The molecule has 0 spiro atoms. The van der Waals surface area contributed by atoms with Crippen molar-refractivity contribution in [1.29, 1.82) is 0 Å². The first kappa shape index (κ1) is 18.4. The number of unbranched alkanes of at least 4 members (excludes halogenated alkanes) is 1. The van der Waals surface area contributed by atoms with Crippen LogP contribution in [0.2, 0.25) is 0 Å². The molecule has 3 unspecified atom stereocenters. The summed E-state index contributed by atoms with van der Waals surface area (Å²) in [6.45, 7) is 12.9. The summed E-state index contributed by atoms with van der Waals surface area (Å²) in [6.07, 6.45) is 4.52. The molecule has 4 heteroatoms. The molecule has 1 rings (SSSR count). The van der Waals surface area contributed by atoms with E-state index in [2.05, 4.69) is 56.8 Å². The molecule has 0 aromatic carbocycles. The van der Waals surface area contributed by atoms with E-state index in [1.807, 2.05) is 0 Å². The summed E-state index contributed by atoms with van der Waals surface area (Å²) >= 11 is 0. The van der Waals surface area contributed by atoms with Gasteiger partial charge in [-0.25, -0.2) is 0 Å². The van der Waals surface area contributed by atoms with Gasteiger partial charge in [0.2, 0.25) is 5.91 Å². The first-order valence-corrected chi connectivity index (χ1v) is 8.69. The molecular weight excluding hydrogens is 262 g/mol. The highest BCUT2D eigenvalue weighted by atomic mass is 16.2. The van der Waals surface area contributed by atoms with Crippen LogP contribution in [-0.4, -0.2) is 54.1 Å². The normalized spacial score (nSPS) is 24.4. The zero-order valence-corrected chi connectivity index (χ0v) is 14.9. The van der Waals surface area contributed by atoms with Crippen molar-refractivity contribution in [3.63, 3.8) is 0 Å². The molecule has 0 aromatic rings. The van der Waals surface area contributed by atoms with Crippen LogP contribution in [-0.2, 0) is 4.79 Å². The highest BCUT2D eigenvalue weighted by molar-refractivity contribution is 5.84. The van der Waals surface area contributed by atoms with Crippen molar-refractivity contribution in [3.8, 4) is 0 Å². The van der Waals surface area contributed by atoms with Gasteiger partial charge in [0.1, 0.15) is 0 Å². The van der Waals surface area contributed by atoms with Gasteiger partial charge in [-0.2, -0.15) is 0 Å². The molecule has 1 heterocycles. The summed E-state index contributed by atoms with van der Waals surface area (Å²) in [6, 6.07) is 0.622. The van der Waals surface area contributed by atoms with Crippen molar-refractivity contribution in [2.75, 3.05) is 20.1 Å². The molecule has 1 aliphatic rings. The van der Waals surface area contributed by atoms with Gasteiger partial charge < -0.3 is 9.80 Å². The van der Waals surface area contributed by atoms with Crippen molar-refractivity contribution in [3.05, 3.63) is 0 Å². The predicted octanol–water partition coefficient (Wildman–Crippen LogP) is 2.69. The lowest BCUT2D eigenvalue weighted by atomic mass is 9.99. The third-order valence-corrected chi connectivity index (χ3v) is 4.94. The molecule has 4 nitrogen and oxygen atoms in total. The summed E-state index contributed by atoms with van der Waals surface area (Å²) in [4.78, 5) is 17.0. The smallest absolute Gasteiger partial charge is 0.241 e. The van der Waals surface area contributed by atoms with E-state index in [0.29, 0.717) is 17.9 Å². The van der Waals surface area contributed by atoms with Gasteiger partial charge in [0.15, 0.2) is 0 Å². The van der Waals surface area contributed by atoms with Gasteiger partial charge in [0.25, 0.3) is 0 Å². The van der Waals surface area contributed by atoms with Crippen LogP contribution in [0.1, 0.15) is 60.3 Å². The molecule has 0 radical (unpaired) electrons. The second-order valence-electron chi connectivity index (χ2n) is 6.77. The summed E-state index contributed by atoms with van der Waals surface area (Å²) in [5, 5.41) is 3.53. The van der Waals surface area contributed by atoms with E-state index in [4.69, 9.17) is 0 Å². The lowest BCUT2D eigenvalue weighted by molar-refractivity contribution is -0.131. The standard InChI is InChI=1S/C17H35N3O/c1-7-14(5)16-17(21)20(15(8-2)18-16)12-10-9-11-19(6)13(3)4/h13-16,18H,7-12H2,1-6H3. The molecule has 1 fully saturated rings. The molecule has 0 bridgehead atoms. The van der Waals surface area contributed by atoms with Gasteiger partial charge in [-0.3, -0.25) is 10.1 Å². The highest BCUT2D eigenvalue weighted by Gasteiger charge is 2.39. The minimum Gasteiger partial charge on any atom is -0.326 e. The van der Waals surface area contributed by atoms with Crippen LogP contribution < -0.4 is 5.32 Å². The van der Waals surface area contributed by atoms with Gasteiger partial charge in [0, 0.05) is 12.6 Å². The number of hydrogen-bond donors (Lipinski definition) is 1. The Kier molecular flexibility index (Phi) is 7.67. The summed E-state index contributed by atoms with van der Waals surface area (Å²) < 4.78 is 0. The monoisotopic (exact) mass is 297 g/mol. The third kappa shape index (κ3) is 4.96. The molecule has 124 valence electrons. The Morgan fingerprint density at radius 3 is 2.43 bits per heavy atom. The van der Waals surface area contributed by atoms with Gasteiger partial charge >= 0.3 is 0 Å². The average Bonchev–Trinajstić information content (AvgIpc) is 2.78. The highest BCUT2D eigenvalue weighted by Crippen LogP contribution is 2.21. The fourth-order valence-electron chi connectivity index (χ4n) is 2.85. The van der Waals surface area contributed by atoms with Crippen LogP contribution >= 0.6 is 0 Å². The van der Waals surface area contributed by atoms with Crippen LogP contribution in [0.25, 0.3) is 0 Å². The molecule has 3 atom stereocenters. The third-order valence-electron chi connectivity index (χ3n) is 4.94. The van der Waals surface area contributed by atoms with Crippen molar-refractivity contribution in [1.82, 2.24) is 15.1 Å². The second kappa shape index (κ2) is 8.74. The summed E-state index contributed by atoms with van der Waals surface area (Å²) in [7, 11) is 2.17. The van der Waals surface area contributed by atoms with Gasteiger partial charge in [-0.05, 0) is 52.6 Å². The van der Waals surface area contributed by atoms with E-state index in [1.165, 1.54) is 0 Å². The first-order valence-electron chi connectivity index (χ1n) is 8.69. The Morgan fingerprint density at radius 1 is 1.24 bits per heavy atom. The van der Waals surface area contributed by atoms with Crippen LogP contribution in [0.5, 0.6) is 0 Å². The number of nitrogens with zero attached hydrogens (tertiary/aromatic N) is 2. The average molecular weight is 297 g/mol. The van der Waals surface area contributed by atoms with Crippen molar-refractivity contribution in [2.24, 2.45) is 5.92 Å². The van der Waals surface area contributed by atoms with Crippen LogP contribution in [0.4, 0.5) is 0 Å². The molecule has 21 heavy (non-hydrogen) atoms. The maximum absolute atomic E-state index is 12.6. The topological polar surface area (TPSA) is 35.6 Å². The van der Waals surface area contributed by atoms with Gasteiger partial charge in [0.05, 0.1) is 12.2 Å². The molecule has 1 amide bonds. The quantitative estimate of drug-likeness (QED) is 0.665. The zero-order valence-electron chi connectivity index (χ0n) is 14.9.